The van der Waals surface area contributed by atoms with E-state index >= 15 is 0 Å². The van der Waals surface area contributed by atoms with Gasteiger partial charge in [0.25, 0.3) is 0 Å². The maximum absolute atomic E-state index is 13.2. The summed E-state index contributed by atoms with van der Waals surface area (Å²) in [7, 11) is 2.00. The maximum Gasteiger partial charge on any atom is 0.321 e. The molecule has 4 atom stereocenters. The molecule has 11 heteroatoms. The van der Waals surface area contributed by atoms with Crippen molar-refractivity contribution >= 4 is 51.4 Å². The Labute approximate surface area is 216 Å². The minimum Gasteiger partial charge on any atom is -0.477 e. The number of hydrogen-bond donors (Lipinski definition) is 1. The number of ether oxygens (including phenoxy) is 2. The molecular weight excluding hydrogens is 504 g/mol. The number of piperidine rings is 1. The molecule has 1 N–H and O–H groups in total. The zero-order valence-corrected chi connectivity index (χ0v) is 21.8. The topological polar surface area (TPSA) is 119 Å². The number of rotatable bonds is 6. The van der Waals surface area contributed by atoms with Crippen LogP contribution in [0.25, 0.3) is 0 Å². The van der Waals surface area contributed by atoms with Gasteiger partial charge in [-0.2, -0.15) is 0 Å². The first-order valence-electron chi connectivity index (χ1n) is 11.6. The van der Waals surface area contributed by atoms with E-state index in [1.54, 1.807) is 12.1 Å². The van der Waals surface area contributed by atoms with Crippen LogP contribution in [0.5, 0.6) is 11.5 Å². The van der Waals surface area contributed by atoms with Crippen LogP contribution in [0, 0.1) is 0 Å². The van der Waals surface area contributed by atoms with Crippen molar-refractivity contribution in [2.24, 2.45) is 0 Å². The van der Waals surface area contributed by atoms with Gasteiger partial charge in [0.2, 0.25) is 5.91 Å². The molecule has 2 bridgehead atoms. The third-order valence-corrected chi connectivity index (χ3v) is 9.14. The van der Waals surface area contributed by atoms with E-state index in [2.05, 4.69) is 10.2 Å². The lowest BCUT2D eigenvalue weighted by molar-refractivity contribution is -0.134. The van der Waals surface area contributed by atoms with E-state index in [1.165, 1.54) is 19.9 Å². The zero-order chi connectivity index (χ0) is 25.8. The quantitative estimate of drug-likeness (QED) is 0.427. The first-order valence-corrected chi connectivity index (χ1v) is 13.6. The number of carbonyl (C=O) groups excluding carboxylic acids is 5. The van der Waals surface area contributed by atoms with Crippen molar-refractivity contribution in [3.63, 3.8) is 0 Å². The van der Waals surface area contributed by atoms with Gasteiger partial charge in [-0.05, 0) is 44.1 Å². The van der Waals surface area contributed by atoms with Crippen LogP contribution in [0.15, 0.2) is 24.3 Å². The van der Waals surface area contributed by atoms with E-state index in [9.17, 15) is 24.0 Å². The van der Waals surface area contributed by atoms with Gasteiger partial charge in [-0.15, -0.1) is 0 Å². The van der Waals surface area contributed by atoms with Crippen LogP contribution in [0.3, 0.4) is 0 Å². The number of thioether (sulfide) groups is 2. The molecule has 2 heterocycles. The van der Waals surface area contributed by atoms with E-state index in [0.717, 1.165) is 34.7 Å². The number of nitrogens with zero attached hydrogens (tertiary/aromatic N) is 1. The lowest BCUT2D eigenvalue weighted by Gasteiger charge is -2.62. The normalized spacial score (nSPS) is 29.2. The van der Waals surface area contributed by atoms with Crippen LogP contribution in [0.4, 0.5) is 0 Å². The standard InChI is InChI=1S/C25H26N2O7S2/c1-13(28)35-11-19(31)26-25-7-6-16(30)23-24(25)8-9-27(3)18(25)10-15-4-5-17(22(34-23)21(15)24)33-20(32)12-36-14(2)29/h4-7,18,23H,8-12H2,1-3H3,(H,26,31)/t18?,23-,24-,25+/m0/s1. The molecule has 0 saturated carbocycles. The number of likely N-dealkylation sites (tertiary alicyclic amines) is 1. The summed E-state index contributed by atoms with van der Waals surface area (Å²) >= 11 is 1.79. The molecule has 1 unspecified atom stereocenters. The van der Waals surface area contributed by atoms with Crippen LogP contribution in [-0.4, -0.2) is 75.6 Å². The minimum atomic E-state index is -0.946. The Morgan fingerprint density at radius 1 is 1.17 bits per heavy atom. The fourth-order valence-electron chi connectivity index (χ4n) is 6.22. The average Bonchev–Trinajstić information content (AvgIpc) is 3.18. The second kappa shape index (κ2) is 9.04. The molecule has 2 aliphatic carbocycles. The summed E-state index contributed by atoms with van der Waals surface area (Å²) < 4.78 is 11.9. The zero-order valence-electron chi connectivity index (χ0n) is 20.1. The number of likely N-dealkylation sites (N-methyl/N-ethyl adjacent to an activating group) is 1. The first kappa shape index (κ1) is 25.0. The van der Waals surface area contributed by atoms with Crippen LogP contribution in [-0.2, 0) is 35.8 Å². The van der Waals surface area contributed by atoms with Crippen LogP contribution >= 0.6 is 23.5 Å². The fraction of sp³-hybridized carbons (Fsp3) is 0.480. The average molecular weight is 531 g/mol. The van der Waals surface area contributed by atoms with Gasteiger partial charge in [0.05, 0.1) is 22.5 Å². The van der Waals surface area contributed by atoms with Gasteiger partial charge in [0, 0.05) is 25.5 Å². The molecule has 1 spiro atoms. The Balaban J connectivity index is 1.61. The lowest BCUT2D eigenvalue weighted by atomic mass is 9.49. The summed E-state index contributed by atoms with van der Waals surface area (Å²) in [5, 5.41) is 2.86. The summed E-state index contributed by atoms with van der Waals surface area (Å²) in [4.78, 5) is 63.7. The third-order valence-electron chi connectivity index (χ3n) is 7.54. The predicted octanol–water partition coefficient (Wildman–Crippen LogP) is 1.40. The SMILES string of the molecule is CC(=O)SCC(=O)N[C@@]12C=CC(=O)[C@@H]3Oc4c(OC(=O)CSC(C)=O)ccc5c4[C@@]31CCN(C)C2C5. The molecule has 36 heavy (non-hydrogen) atoms. The molecule has 0 radical (unpaired) electrons. The van der Waals surface area contributed by atoms with Crippen molar-refractivity contribution in [2.75, 3.05) is 25.1 Å². The third kappa shape index (κ3) is 3.71. The van der Waals surface area contributed by atoms with Crippen molar-refractivity contribution in [1.82, 2.24) is 10.2 Å². The molecule has 1 aromatic carbocycles. The number of benzene rings is 1. The summed E-state index contributed by atoms with van der Waals surface area (Å²) in [6, 6.07) is 3.41. The van der Waals surface area contributed by atoms with Crippen molar-refractivity contribution < 1.29 is 33.4 Å². The van der Waals surface area contributed by atoms with Crippen LogP contribution < -0.4 is 14.8 Å². The van der Waals surface area contributed by atoms with Gasteiger partial charge < -0.3 is 19.7 Å². The lowest BCUT2D eigenvalue weighted by Crippen LogP contribution is -2.80. The van der Waals surface area contributed by atoms with Gasteiger partial charge >= 0.3 is 5.97 Å². The number of amides is 1. The van der Waals surface area contributed by atoms with Crippen LogP contribution in [0.2, 0.25) is 0 Å². The monoisotopic (exact) mass is 530 g/mol. The largest absolute Gasteiger partial charge is 0.477 e. The molecule has 1 fully saturated rings. The highest BCUT2D eigenvalue weighted by molar-refractivity contribution is 8.14. The summed E-state index contributed by atoms with van der Waals surface area (Å²) in [6.07, 6.45) is 3.51. The number of nitrogens with one attached hydrogen (secondary N) is 1. The van der Waals surface area contributed by atoms with E-state index in [-0.39, 0.29) is 45.2 Å². The van der Waals surface area contributed by atoms with Gasteiger partial charge in [0.1, 0.15) is 0 Å². The Morgan fingerprint density at radius 3 is 2.61 bits per heavy atom. The molecule has 1 saturated heterocycles. The van der Waals surface area contributed by atoms with Crippen molar-refractivity contribution in [3.8, 4) is 11.5 Å². The Bertz CT molecular complexity index is 1230. The molecule has 190 valence electrons. The summed E-state index contributed by atoms with van der Waals surface area (Å²) in [5.74, 6) is -0.726. The Morgan fingerprint density at radius 2 is 1.89 bits per heavy atom. The molecule has 2 aliphatic heterocycles. The first-order chi connectivity index (χ1) is 17.1. The van der Waals surface area contributed by atoms with E-state index < -0.39 is 23.0 Å². The highest BCUT2D eigenvalue weighted by atomic mass is 32.2. The fourth-order valence-corrected chi connectivity index (χ4v) is 7.01. The van der Waals surface area contributed by atoms with Crippen molar-refractivity contribution in [1.29, 1.82) is 0 Å². The van der Waals surface area contributed by atoms with Crippen LogP contribution in [0.1, 0.15) is 31.4 Å². The number of carbonyl (C=O) groups is 5. The molecule has 5 rings (SSSR count). The number of hydrogen-bond acceptors (Lipinski definition) is 10. The summed E-state index contributed by atoms with van der Waals surface area (Å²) in [6.45, 7) is 3.48. The highest BCUT2D eigenvalue weighted by Gasteiger charge is 2.72. The van der Waals surface area contributed by atoms with Crippen molar-refractivity contribution in [2.45, 2.75) is 49.8 Å². The highest BCUT2D eigenvalue weighted by Crippen LogP contribution is 2.63. The molecule has 9 nitrogen and oxygen atoms in total. The van der Waals surface area contributed by atoms with E-state index in [0.29, 0.717) is 25.1 Å². The van der Waals surface area contributed by atoms with Crippen molar-refractivity contribution in [3.05, 3.63) is 35.4 Å². The maximum atomic E-state index is 13.2. The van der Waals surface area contributed by atoms with Gasteiger partial charge in [-0.3, -0.25) is 24.0 Å². The van der Waals surface area contributed by atoms with E-state index in [4.69, 9.17) is 9.47 Å². The molecule has 1 aromatic rings. The Hall–Kier alpha value is -2.63. The summed E-state index contributed by atoms with van der Waals surface area (Å²) in [5.41, 5.74) is -0.0589. The minimum absolute atomic E-state index is 0.0257. The molecular formula is C25H26N2O7S2. The van der Waals surface area contributed by atoms with E-state index in [1.807, 2.05) is 13.1 Å². The second-order valence-electron chi connectivity index (χ2n) is 9.53. The molecule has 0 aromatic heterocycles. The predicted molar refractivity (Wildman–Crippen MR) is 134 cm³/mol. The second-order valence-corrected chi connectivity index (χ2v) is 11.8. The molecule has 1 amide bonds. The molecule has 4 aliphatic rings. The Kier molecular flexibility index (Phi) is 6.29. The number of esters is 1. The van der Waals surface area contributed by atoms with Gasteiger partial charge in [-0.25, -0.2) is 0 Å². The smallest absolute Gasteiger partial charge is 0.321 e. The number of ketones is 1. The van der Waals surface area contributed by atoms with Gasteiger partial charge in [-0.1, -0.05) is 35.7 Å². The van der Waals surface area contributed by atoms with Gasteiger partial charge in [0.15, 0.2) is 33.6 Å².